The summed E-state index contributed by atoms with van der Waals surface area (Å²) in [5.41, 5.74) is 0. The third kappa shape index (κ3) is 4.06. The Kier molecular flexibility index (Phi) is 6.27. The van der Waals surface area contributed by atoms with Crippen molar-refractivity contribution in [2.75, 3.05) is 13.2 Å². The molecule has 0 saturated heterocycles. The van der Waals surface area contributed by atoms with Gasteiger partial charge in [-0.05, 0) is 29.8 Å². The van der Waals surface area contributed by atoms with Gasteiger partial charge in [-0.25, -0.2) is 0 Å². The van der Waals surface area contributed by atoms with Crippen molar-refractivity contribution < 1.29 is 13.6 Å². The van der Waals surface area contributed by atoms with Crippen molar-refractivity contribution in [1.82, 2.24) is 0 Å². The molecule has 0 aliphatic rings. The van der Waals surface area contributed by atoms with Crippen LogP contribution in [0.15, 0.2) is 10.3 Å². The zero-order valence-electron chi connectivity index (χ0n) is 7.49. The Labute approximate surface area is 86.2 Å². The number of hydrogen-bond acceptors (Lipinski definition) is 4. The van der Waals surface area contributed by atoms with Crippen molar-refractivity contribution in [3.63, 3.8) is 0 Å². The van der Waals surface area contributed by atoms with Crippen LogP contribution in [0.2, 0.25) is 0 Å². The van der Waals surface area contributed by atoms with Crippen molar-refractivity contribution in [2.24, 2.45) is 0 Å². The smallest absolute Gasteiger partial charge is 0.305 e. The van der Waals surface area contributed by atoms with Crippen molar-refractivity contribution >= 4 is 23.5 Å². The molecule has 0 rings (SSSR count). The topological polar surface area (TPSA) is 59.3 Å². The van der Waals surface area contributed by atoms with Crippen LogP contribution in [0.25, 0.3) is 0 Å². The number of halogens is 1. The molecule has 0 aliphatic heterocycles. The van der Waals surface area contributed by atoms with Gasteiger partial charge in [0.25, 0.3) is 0 Å². The van der Waals surface area contributed by atoms with Crippen LogP contribution in [0.5, 0.6) is 0 Å². The maximum atomic E-state index is 11.8. The van der Waals surface area contributed by atoms with E-state index in [0.717, 1.165) is 6.08 Å². The first-order valence-electron chi connectivity index (χ1n) is 3.75. The van der Waals surface area contributed by atoms with Gasteiger partial charge in [0.15, 0.2) is 0 Å². The summed E-state index contributed by atoms with van der Waals surface area (Å²) in [6.45, 7) is 3.95. The Bertz CT molecular complexity index is 261. The summed E-state index contributed by atoms with van der Waals surface area (Å²) in [5, 5.41) is 8.35. The lowest BCUT2D eigenvalue weighted by molar-refractivity contribution is 0.228. The van der Waals surface area contributed by atoms with E-state index in [2.05, 4.69) is 15.9 Å². The molecule has 0 bridgehead atoms. The molecule has 0 N–H and O–H groups in total. The molecule has 0 radical (unpaired) electrons. The zero-order chi connectivity index (χ0) is 10.3. The quantitative estimate of drug-likeness (QED) is 0.568. The van der Waals surface area contributed by atoms with E-state index in [1.165, 1.54) is 0 Å². The number of allylic oxidation sites excluding steroid dienone is 1. The van der Waals surface area contributed by atoms with Gasteiger partial charge in [0.2, 0.25) is 0 Å². The SMILES string of the molecule is CCOP(=O)(OCC)C(Br)=CC#N. The maximum absolute atomic E-state index is 11.8. The second kappa shape index (κ2) is 6.33. The number of nitriles is 1. The predicted octanol–water partition coefficient (Wildman–Crippen LogP) is 3.01. The molecule has 13 heavy (non-hydrogen) atoms. The zero-order valence-corrected chi connectivity index (χ0v) is 9.97. The largest absolute Gasteiger partial charge is 0.368 e. The van der Waals surface area contributed by atoms with Crippen LogP contribution in [0, 0.1) is 11.3 Å². The van der Waals surface area contributed by atoms with Crippen molar-refractivity contribution in [2.45, 2.75) is 13.8 Å². The fraction of sp³-hybridized carbons (Fsp3) is 0.571. The number of nitrogens with zero attached hydrogens (tertiary/aromatic N) is 1. The Morgan fingerprint density at radius 1 is 1.54 bits per heavy atom. The third-order valence-electron chi connectivity index (χ3n) is 1.04. The van der Waals surface area contributed by atoms with Gasteiger partial charge in [0.1, 0.15) is 4.22 Å². The lowest BCUT2D eigenvalue weighted by Crippen LogP contribution is -1.95. The molecule has 0 amide bonds. The van der Waals surface area contributed by atoms with Crippen LogP contribution in [0.4, 0.5) is 0 Å². The van der Waals surface area contributed by atoms with Crippen LogP contribution in [0.1, 0.15) is 13.8 Å². The van der Waals surface area contributed by atoms with E-state index in [1.54, 1.807) is 19.9 Å². The van der Waals surface area contributed by atoms with E-state index in [4.69, 9.17) is 14.3 Å². The van der Waals surface area contributed by atoms with Gasteiger partial charge < -0.3 is 9.05 Å². The molecule has 0 atom stereocenters. The van der Waals surface area contributed by atoms with Crippen molar-refractivity contribution in [1.29, 1.82) is 5.26 Å². The van der Waals surface area contributed by atoms with Gasteiger partial charge in [-0.2, -0.15) is 5.26 Å². The average Bonchev–Trinajstić information content (AvgIpc) is 2.05. The molecule has 0 aromatic heterocycles. The lowest BCUT2D eigenvalue weighted by Gasteiger charge is -2.15. The monoisotopic (exact) mass is 267 g/mol. The summed E-state index contributed by atoms with van der Waals surface area (Å²) in [7, 11) is -3.27. The molecule has 0 saturated carbocycles. The first-order valence-corrected chi connectivity index (χ1v) is 6.09. The molecule has 0 aliphatic carbocycles. The van der Waals surface area contributed by atoms with Gasteiger partial charge in [0.05, 0.1) is 19.3 Å². The van der Waals surface area contributed by atoms with Gasteiger partial charge >= 0.3 is 7.60 Å². The summed E-state index contributed by atoms with van der Waals surface area (Å²) < 4.78 is 21.9. The van der Waals surface area contributed by atoms with E-state index in [9.17, 15) is 4.57 Å². The van der Waals surface area contributed by atoms with E-state index in [0.29, 0.717) is 0 Å². The first kappa shape index (κ1) is 12.9. The minimum atomic E-state index is -3.27. The average molecular weight is 268 g/mol. The van der Waals surface area contributed by atoms with Crippen molar-refractivity contribution in [3.05, 3.63) is 10.3 Å². The molecular weight excluding hydrogens is 257 g/mol. The minimum absolute atomic E-state index is 0.159. The minimum Gasteiger partial charge on any atom is -0.305 e. The van der Waals surface area contributed by atoms with Crippen LogP contribution < -0.4 is 0 Å². The van der Waals surface area contributed by atoms with Crippen LogP contribution in [-0.2, 0) is 13.6 Å². The summed E-state index contributed by atoms with van der Waals surface area (Å²) in [6, 6.07) is 1.75. The van der Waals surface area contributed by atoms with Gasteiger partial charge in [-0.15, -0.1) is 0 Å². The molecule has 0 unspecified atom stereocenters. The second-order valence-corrected chi connectivity index (χ2v) is 5.39. The summed E-state index contributed by atoms with van der Waals surface area (Å²) in [4.78, 5) is 0. The van der Waals surface area contributed by atoms with Gasteiger partial charge in [0, 0.05) is 6.08 Å². The normalized spacial score (nSPS) is 12.6. The molecule has 6 heteroatoms. The summed E-state index contributed by atoms with van der Waals surface area (Å²) >= 11 is 2.99. The molecule has 74 valence electrons. The first-order chi connectivity index (χ1) is 6.10. The molecule has 0 fully saturated rings. The predicted molar refractivity (Wildman–Crippen MR) is 53.5 cm³/mol. The van der Waals surface area contributed by atoms with E-state index in [1.807, 2.05) is 0 Å². The van der Waals surface area contributed by atoms with E-state index in [-0.39, 0.29) is 17.4 Å². The fourth-order valence-corrected chi connectivity index (χ4v) is 2.57. The highest BCUT2D eigenvalue weighted by molar-refractivity contribution is 9.13. The fourth-order valence-electron chi connectivity index (χ4n) is 0.633. The van der Waals surface area contributed by atoms with Crippen LogP contribution in [0.3, 0.4) is 0 Å². The van der Waals surface area contributed by atoms with Gasteiger partial charge in [-0.1, -0.05) is 0 Å². The Morgan fingerprint density at radius 3 is 2.31 bits per heavy atom. The van der Waals surface area contributed by atoms with Gasteiger partial charge in [-0.3, -0.25) is 4.57 Å². The molecule has 0 aromatic carbocycles. The summed E-state index contributed by atoms with van der Waals surface area (Å²) in [5.74, 6) is 0. The van der Waals surface area contributed by atoms with E-state index >= 15 is 0 Å². The van der Waals surface area contributed by atoms with Crippen LogP contribution in [-0.4, -0.2) is 13.2 Å². The Hall–Kier alpha value is -0.140. The second-order valence-electron chi connectivity index (χ2n) is 1.93. The molecular formula is C7H11BrNO3P. The maximum Gasteiger partial charge on any atom is 0.368 e. The van der Waals surface area contributed by atoms with E-state index < -0.39 is 7.60 Å². The third-order valence-corrected chi connectivity index (χ3v) is 4.42. The highest BCUT2D eigenvalue weighted by atomic mass is 79.9. The Balaban J connectivity index is 4.70. The highest BCUT2D eigenvalue weighted by Crippen LogP contribution is 2.58. The molecule has 0 heterocycles. The van der Waals surface area contributed by atoms with Crippen molar-refractivity contribution in [3.8, 4) is 6.07 Å². The molecule has 0 aromatic rings. The highest BCUT2D eigenvalue weighted by Gasteiger charge is 2.27. The molecule has 4 nitrogen and oxygen atoms in total. The number of rotatable bonds is 5. The molecule has 0 spiro atoms. The lowest BCUT2D eigenvalue weighted by atomic mass is 10.7. The van der Waals surface area contributed by atoms with Crippen LogP contribution >= 0.6 is 23.5 Å². The number of hydrogen-bond donors (Lipinski definition) is 0. The Morgan fingerprint density at radius 2 is 2.00 bits per heavy atom. The standard InChI is InChI=1S/C7H11BrNO3P/c1-3-11-13(10,12-4-2)7(8)5-6-9/h5H,3-4H2,1-2H3. The summed E-state index contributed by atoms with van der Waals surface area (Å²) in [6.07, 6.45) is 1.10.